The lowest BCUT2D eigenvalue weighted by molar-refractivity contribution is 0.405. The van der Waals surface area contributed by atoms with Crippen LogP contribution in [0.15, 0.2) is 6.07 Å². The van der Waals surface area contributed by atoms with Crippen molar-refractivity contribution in [2.24, 2.45) is 0 Å². The molecule has 15 heavy (non-hydrogen) atoms. The van der Waals surface area contributed by atoms with E-state index in [-0.39, 0.29) is 5.95 Å². The van der Waals surface area contributed by atoms with Gasteiger partial charge in [-0.15, -0.1) is 0 Å². The topological polar surface area (TPSA) is 67.1 Å². The summed E-state index contributed by atoms with van der Waals surface area (Å²) >= 11 is 5.73. The summed E-state index contributed by atoms with van der Waals surface area (Å²) < 4.78 is 0. The van der Waals surface area contributed by atoms with E-state index in [1.807, 2.05) is 14.1 Å². The van der Waals surface area contributed by atoms with Gasteiger partial charge in [0.2, 0.25) is 5.95 Å². The minimum atomic E-state index is 0.192. The van der Waals surface area contributed by atoms with Gasteiger partial charge in [-0.2, -0.15) is 4.98 Å². The summed E-state index contributed by atoms with van der Waals surface area (Å²) in [4.78, 5) is 9.91. The first-order valence-corrected chi connectivity index (χ1v) is 5.14. The number of nitrogens with two attached hydrogens (primary N) is 1. The van der Waals surface area contributed by atoms with Crippen molar-refractivity contribution in [3.05, 3.63) is 11.2 Å². The number of halogens is 1. The number of hydrogen-bond donors (Lipinski definition) is 2. The van der Waals surface area contributed by atoms with Gasteiger partial charge in [0.05, 0.1) is 0 Å². The Kier molecular flexibility index (Phi) is 4.58. The number of nitrogens with zero attached hydrogens (tertiary/aromatic N) is 3. The molecule has 0 amide bonds. The van der Waals surface area contributed by atoms with Crippen LogP contribution in [0.25, 0.3) is 0 Å². The van der Waals surface area contributed by atoms with Gasteiger partial charge in [-0.1, -0.05) is 11.6 Å². The van der Waals surface area contributed by atoms with Crippen LogP contribution < -0.4 is 11.1 Å². The van der Waals surface area contributed by atoms with Crippen molar-refractivity contribution >= 4 is 23.4 Å². The average molecular weight is 230 g/mol. The van der Waals surface area contributed by atoms with Crippen molar-refractivity contribution in [3.63, 3.8) is 0 Å². The van der Waals surface area contributed by atoms with E-state index in [2.05, 4.69) is 20.2 Å². The molecule has 1 aromatic rings. The zero-order chi connectivity index (χ0) is 11.3. The number of aromatic nitrogens is 2. The Bertz CT molecular complexity index is 295. The van der Waals surface area contributed by atoms with Crippen molar-refractivity contribution in [3.8, 4) is 0 Å². The smallest absolute Gasteiger partial charge is 0.223 e. The molecule has 0 aliphatic carbocycles. The van der Waals surface area contributed by atoms with E-state index in [0.717, 1.165) is 19.5 Å². The minimum absolute atomic E-state index is 0.192. The maximum absolute atomic E-state index is 5.73. The fourth-order valence-electron chi connectivity index (χ4n) is 1.14. The van der Waals surface area contributed by atoms with Crippen LogP contribution >= 0.6 is 11.6 Å². The normalized spacial score (nSPS) is 10.7. The molecule has 5 nitrogen and oxygen atoms in total. The van der Waals surface area contributed by atoms with Gasteiger partial charge in [0, 0.05) is 12.6 Å². The van der Waals surface area contributed by atoms with Gasteiger partial charge < -0.3 is 16.0 Å². The van der Waals surface area contributed by atoms with Crippen LogP contribution in [0.5, 0.6) is 0 Å². The summed E-state index contributed by atoms with van der Waals surface area (Å²) in [7, 11) is 4.08. The molecule has 84 valence electrons. The standard InChI is InChI=1S/C9H16ClN5/c1-15(2)5-3-4-12-8-6-7(10)13-9(11)14-8/h6H,3-5H2,1-2H3,(H3,11,12,13,14). The van der Waals surface area contributed by atoms with E-state index in [9.17, 15) is 0 Å². The van der Waals surface area contributed by atoms with Gasteiger partial charge in [0.1, 0.15) is 11.0 Å². The molecule has 0 spiro atoms. The fourth-order valence-corrected chi connectivity index (χ4v) is 1.33. The second kappa shape index (κ2) is 5.72. The predicted octanol–water partition coefficient (Wildman–Crippen LogP) is 1.08. The number of nitrogen functional groups attached to an aromatic ring is 1. The van der Waals surface area contributed by atoms with Gasteiger partial charge in [-0.3, -0.25) is 0 Å². The lowest BCUT2D eigenvalue weighted by atomic mass is 10.4. The average Bonchev–Trinajstić information content (AvgIpc) is 2.10. The second-order valence-electron chi connectivity index (χ2n) is 3.52. The molecule has 1 aromatic heterocycles. The molecule has 0 bridgehead atoms. The maximum Gasteiger partial charge on any atom is 0.223 e. The molecule has 0 aromatic carbocycles. The Morgan fingerprint density at radius 2 is 2.20 bits per heavy atom. The van der Waals surface area contributed by atoms with Crippen LogP contribution in [0.3, 0.4) is 0 Å². The summed E-state index contributed by atoms with van der Waals surface area (Å²) in [6.07, 6.45) is 1.04. The largest absolute Gasteiger partial charge is 0.370 e. The van der Waals surface area contributed by atoms with E-state index in [1.54, 1.807) is 6.07 Å². The highest BCUT2D eigenvalue weighted by Gasteiger charge is 1.99. The van der Waals surface area contributed by atoms with Gasteiger partial charge in [0.25, 0.3) is 0 Å². The van der Waals surface area contributed by atoms with Gasteiger partial charge in [-0.25, -0.2) is 4.98 Å². The molecule has 0 aliphatic heterocycles. The summed E-state index contributed by atoms with van der Waals surface area (Å²) in [5.74, 6) is 0.865. The molecule has 0 radical (unpaired) electrons. The highest BCUT2D eigenvalue weighted by Crippen LogP contribution is 2.11. The Balaban J connectivity index is 2.37. The summed E-state index contributed by atoms with van der Waals surface area (Å²) in [6, 6.07) is 1.66. The Labute approximate surface area is 94.6 Å². The highest BCUT2D eigenvalue weighted by molar-refractivity contribution is 6.29. The quantitative estimate of drug-likeness (QED) is 0.584. The van der Waals surface area contributed by atoms with E-state index in [4.69, 9.17) is 17.3 Å². The first kappa shape index (κ1) is 12.0. The van der Waals surface area contributed by atoms with Crippen LogP contribution in [0.1, 0.15) is 6.42 Å². The summed E-state index contributed by atoms with van der Waals surface area (Å²) in [6.45, 7) is 1.87. The lowest BCUT2D eigenvalue weighted by Crippen LogP contribution is -2.16. The third-order valence-electron chi connectivity index (χ3n) is 1.80. The number of nitrogens with one attached hydrogen (secondary N) is 1. The lowest BCUT2D eigenvalue weighted by Gasteiger charge is -2.10. The molecule has 0 atom stereocenters. The highest BCUT2D eigenvalue weighted by atomic mass is 35.5. The van der Waals surface area contributed by atoms with Crippen LogP contribution in [-0.4, -0.2) is 42.1 Å². The SMILES string of the molecule is CN(C)CCCNc1cc(Cl)nc(N)n1. The van der Waals surface area contributed by atoms with Gasteiger partial charge in [0.15, 0.2) is 0 Å². The van der Waals surface area contributed by atoms with E-state index < -0.39 is 0 Å². The van der Waals surface area contributed by atoms with Gasteiger partial charge >= 0.3 is 0 Å². The number of rotatable bonds is 5. The molecule has 1 rings (SSSR count). The second-order valence-corrected chi connectivity index (χ2v) is 3.90. The predicted molar refractivity (Wildman–Crippen MR) is 63.1 cm³/mol. The molecule has 0 saturated heterocycles. The molecule has 6 heteroatoms. The molecule has 0 saturated carbocycles. The molecule has 0 unspecified atom stereocenters. The van der Waals surface area contributed by atoms with Crippen LogP contribution in [-0.2, 0) is 0 Å². The monoisotopic (exact) mass is 229 g/mol. The fraction of sp³-hybridized carbons (Fsp3) is 0.556. The summed E-state index contributed by atoms with van der Waals surface area (Å²) in [5.41, 5.74) is 5.46. The van der Waals surface area contributed by atoms with E-state index in [0.29, 0.717) is 11.0 Å². The van der Waals surface area contributed by atoms with Crippen LogP contribution in [0.4, 0.5) is 11.8 Å². The third kappa shape index (κ3) is 4.80. The Morgan fingerprint density at radius 1 is 1.47 bits per heavy atom. The number of anilines is 2. The van der Waals surface area contributed by atoms with Gasteiger partial charge in [-0.05, 0) is 27.1 Å². The third-order valence-corrected chi connectivity index (χ3v) is 1.99. The van der Waals surface area contributed by atoms with Crippen molar-refractivity contribution in [1.29, 1.82) is 0 Å². The van der Waals surface area contributed by atoms with Crippen molar-refractivity contribution in [2.75, 3.05) is 38.2 Å². The molecular weight excluding hydrogens is 214 g/mol. The van der Waals surface area contributed by atoms with Crippen molar-refractivity contribution in [1.82, 2.24) is 14.9 Å². The van der Waals surface area contributed by atoms with E-state index in [1.165, 1.54) is 0 Å². The molecule has 3 N–H and O–H groups in total. The number of hydrogen-bond acceptors (Lipinski definition) is 5. The van der Waals surface area contributed by atoms with Crippen molar-refractivity contribution < 1.29 is 0 Å². The Morgan fingerprint density at radius 3 is 2.80 bits per heavy atom. The minimum Gasteiger partial charge on any atom is -0.370 e. The Hall–Kier alpha value is -1.07. The first-order chi connectivity index (χ1) is 7.08. The van der Waals surface area contributed by atoms with Crippen LogP contribution in [0.2, 0.25) is 5.15 Å². The molecule has 0 aliphatic rings. The van der Waals surface area contributed by atoms with E-state index >= 15 is 0 Å². The van der Waals surface area contributed by atoms with Crippen molar-refractivity contribution in [2.45, 2.75) is 6.42 Å². The first-order valence-electron chi connectivity index (χ1n) is 4.76. The maximum atomic E-state index is 5.73. The molecule has 0 fully saturated rings. The zero-order valence-electron chi connectivity index (χ0n) is 9.00. The zero-order valence-corrected chi connectivity index (χ0v) is 9.75. The molecular formula is C9H16ClN5. The summed E-state index contributed by atoms with van der Waals surface area (Å²) in [5, 5.41) is 3.50. The molecule has 1 heterocycles. The van der Waals surface area contributed by atoms with Crippen LogP contribution in [0, 0.1) is 0 Å².